The summed E-state index contributed by atoms with van der Waals surface area (Å²) in [6.07, 6.45) is 6.45. The lowest BCUT2D eigenvalue weighted by molar-refractivity contribution is 0.426. The Morgan fingerprint density at radius 3 is 2.89 bits per heavy atom. The summed E-state index contributed by atoms with van der Waals surface area (Å²) in [7, 11) is 0. The maximum Gasteiger partial charge on any atom is 0.124 e. The molecule has 0 amide bonds. The molecule has 2 unspecified atom stereocenters. The van der Waals surface area contributed by atoms with Gasteiger partial charge in [0, 0.05) is 16.9 Å². The van der Waals surface area contributed by atoms with Crippen LogP contribution in [0.25, 0.3) is 0 Å². The van der Waals surface area contributed by atoms with Gasteiger partial charge < -0.3 is 5.32 Å². The quantitative estimate of drug-likeness (QED) is 0.660. The molecule has 0 bridgehead atoms. The van der Waals surface area contributed by atoms with Gasteiger partial charge in [0.05, 0.1) is 5.69 Å². The van der Waals surface area contributed by atoms with E-state index in [0.717, 1.165) is 22.3 Å². The molecular formula is C16H23BrFN. The monoisotopic (exact) mass is 327 g/mol. The SMILES string of the molecule is CCCCCCC(C)C1CNc2c(Br)cc(F)cc21. The number of hydrogen-bond donors (Lipinski definition) is 1. The van der Waals surface area contributed by atoms with Gasteiger partial charge in [0.1, 0.15) is 5.82 Å². The van der Waals surface area contributed by atoms with Gasteiger partial charge in [-0.05, 0) is 39.5 Å². The molecule has 3 heteroatoms. The van der Waals surface area contributed by atoms with E-state index in [1.807, 2.05) is 0 Å². The van der Waals surface area contributed by atoms with Gasteiger partial charge in [-0.1, -0.05) is 46.0 Å². The largest absolute Gasteiger partial charge is 0.383 e. The third-order valence-corrected chi connectivity index (χ3v) is 4.81. The molecule has 0 fully saturated rings. The van der Waals surface area contributed by atoms with Gasteiger partial charge in [-0.15, -0.1) is 0 Å². The zero-order chi connectivity index (χ0) is 13.8. The van der Waals surface area contributed by atoms with Crippen LogP contribution < -0.4 is 5.32 Å². The second kappa shape index (κ2) is 6.74. The lowest BCUT2D eigenvalue weighted by Gasteiger charge is -2.19. The summed E-state index contributed by atoms with van der Waals surface area (Å²) in [6.45, 7) is 5.47. The molecule has 0 aromatic heterocycles. The van der Waals surface area contributed by atoms with E-state index in [0.29, 0.717) is 11.8 Å². The second-order valence-electron chi connectivity index (χ2n) is 5.67. The van der Waals surface area contributed by atoms with E-state index in [-0.39, 0.29) is 5.82 Å². The number of anilines is 1. The van der Waals surface area contributed by atoms with Crippen LogP contribution >= 0.6 is 15.9 Å². The van der Waals surface area contributed by atoms with Crippen molar-refractivity contribution in [2.75, 3.05) is 11.9 Å². The van der Waals surface area contributed by atoms with Crippen LogP contribution in [0.1, 0.15) is 57.4 Å². The van der Waals surface area contributed by atoms with Crippen molar-refractivity contribution in [1.82, 2.24) is 0 Å². The molecule has 1 aromatic carbocycles. The minimum atomic E-state index is -0.141. The number of fused-ring (bicyclic) bond motifs is 1. The molecule has 0 radical (unpaired) electrons. The first kappa shape index (κ1) is 14.8. The molecule has 1 N–H and O–H groups in total. The third-order valence-electron chi connectivity index (χ3n) is 4.18. The highest BCUT2D eigenvalue weighted by Gasteiger charge is 2.28. The Bertz CT molecular complexity index is 433. The summed E-state index contributed by atoms with van der Waals surface area (Å²) >= 11 is 3.45. The average Bonchev–Trinajstić information content (AvgIpc) is 2.78. The van der Waals surface area contributed by atoms with Gasteiger partial charge in [0.25, 0.3) is 0 Å². The number of rotatable bonds is 6. The number of halogens is 2. The number of benzene rings is 1. The molecule has 1 aliphatic heterocycles. The fraction of sp³-hybridized carbons (Fsp3) is 0.625. The molecule has 106 valence electrons. The summed E-state index contributed by atoms with van der Waals surface area (Å²) in [5.41, 5.74) is 2.24. The zero-order valence-corrected chi connectivity index (χ0v) is 13.4. The van der Waals surface area contributed by atoms with Crippen molar-refractivity contribution in [2.45, 2.75) is 51.9 Å². The highest BCUT2D eigenvalue weighted by atomic mass is 79.9. The molecule has 0 spiro atoms. The molecule has 0 saturated heterocycles. The lowest BCUT2D eigenvalue weighted by atomic mass is 9.85. The van der Waals surface area contributed by atoms with Crippen molar-refractivity contribution in [1.29, 1.82) is 0 Å². The lowest BCUT2D eigenvalue weighted by Crippen LogP contribution is -2.12. The molecule has 0 aliphatic carbocycles. The molecule has 2 rings (SSSR count). The smallest absolute Gasteiger partial charge is 0.124 e. The van der Waals surface area contributed by atoms with E-state index < -0.39 is 0 Å². The Morgan fingerprint density at radius 2 is 2.16 bits per heavy atom. The van der Waals surface area contributed by atoms with Gasteiger partial charge in [0.15, 0.2) is 0 Å². The molecular weight excluding hydrogens is 305 g/mol. The zero-order valence-electron chi connectivity index (χ0n) is 11.8. The van der Waals surface area contributed by atoms with Gasteiger partial charge in [-0.3, -0.25) is 0 Å². The van der Waals surface area contributed by atoms with E-state index in [1.165, 1.54) is 32.1 Å². The summed E-state index contributed by atoms with van der Waals surface area (Å²) < 4.78 is 14.4. The molecule has 1 aliphatic rings. The highest BCUT2D eigenvalue weighted by Crippen LogP contribution is 2.42. The van der Waals surface area contributed by atoms with Crippen LogP contribution in [0.15, 0.2) is 16.6 Å². The fourth-order valence-corrected chi connectivity index (χ4v) is 3.58. The predicted octanol–water partition coefficient (Wildman–Crippen LogP) is 5.70. The molecule has 1 aromatic rings. The highest BCUT2D eigenvalue weighted by molar-refractivity contribution is 9.10. The van der Waals surface area contributed by atoms with E-state index in [4.69, 9.17) is 0 Å². The minimum Gasteiger partial charge on any atom is -0.383 e. The van der Waals surface area contributed by atoms with Crippen LogP contribution in [0.4, 0.5) is 10.1 Å². The summed E-state index contributed by atoms with van der Waals surface area (Å²) in [6, 6.07) is 3.24. The maximum atomic E-state index is 13.6. The van der Waals surface area contributed by atoms with Crippen molar-refractivity contribution in [2.24, 2.45) is 5.92 Å². The van der Waals surface area contributed by atoms with Crippen LogP contribution in [-0.4, -0.2) is 6.54 Å². The van der Waals surface area contributed by atoms with E-state index in [1.54, 1.807) is 12.1 Å². The van der Waals surface area contributed by atoms with E-state index in [2.05, 4.69) is 35.1 Å². The van der Waals surface area contributed by atoms with E-state index in [9.17, 15) is 4.39 Å². The summed E-state index contributed by atoms with van der Waals surface area (Å²) in [5, 5.41) is 3.41. The van der Waals surface area contributed by atoms with Crippen molar-refractivity contribution >= 4 is 21.6 Å². The van der Waals surface area contributed by atoms with Crippen molar-refractivity contribution in [3.63, 3.8) is 0 Å². The number of nitrogens with one attached hydrogen (secondary N) is 1. The number of unbranched alkanes of at least 4 members (excludes halogenated alkanes) is 3. The van der Waals surface area contributed by atoms with Crippen molar-refractivity contribution < 1.29 is 4.39 Å². The minimum absolute atomic E-state index is 0.141. The normalized spacial score (nSPS) is 19.1. The van der Waals surface area contributed by atoms with Crippen LogP contribution in [0.2, 0.25) is 0 Å². The van der Waals surface area contributed by atoms with Gasteiger partial charge in [-0.25, -0.2) is 4.39 Å². The third kappa shape index (κ3) is 3.50. The van der Waals surface area contributed by atoms with Crippen LogP contribution in [0.3, 0.4) is 0 Å². The average molecular weight is 328 g/mol. The number of hydrogen-bond acceptors (Lipinski definition) is 1. The Kier molecular flexibility index (Phi) is 5.26. The summed E-state index contributed by atoms with van der Waals surface area (Å²) in [4.78, 5) is 0. The van der Waals surface area contributed by atoms with Crippen molar-refractivity contribution in [3.05, 3.63) is 28.0 Å². The van der Waals surface area contributed by atoms with Gasteiger partial charge >= 0.3 is 0 Å². The first-order chi connectivity index (χ1) is 9.13. The second-order valence-corrected chi connectivity index (χ2v) is 6.52. The van der Waals surface area contributed by atoms with Crippen LogP contribution in [0.5, 0.6) is 0 Å². The van der Waals surface area contributed by atoms with Crippen molar-refractivity contribution in [3.8, 4) is 0 Å². The van der Waals surface area contributed by atoms with Gasteiger partial charge in [0.2, 0.25) is 0 Å². The first-order valence-corrected chi connectivity index (χ1v) is 8.15. The molecule has 0 saturated carbocycles. The Labute approximate surface area is 124 Å². The molecule has 1 heterocycles. The van der Waals surface area contributed by atoms with Gasteiger partial charge in [-0.2, -0.15) is 0 Å². The maximum absolute atomic E-state index is 13.6. The Balaban J connectivity index is 2.01. The molecule has 19 heavy (non-hydrogen) atoms. The first-order valence-electron chi connectivity index (χ1n) is 7.36. The van der Waals surface area contributed by atoms with Crippen LogP contribution in [-0.2, 0) is 0 Å². The topological polar surface area (TPSA) is 12.0 Å². The van der Waals surface area contributed by atoms with Crippen LogP contribution in [0, 0.1) is 11.7 Å². The Hall–Kier alpha value is -0.570. The van der Waals surface area contributed by atoms with E-state index >= 15 is 0 Å². The standard InChI is InChI=1S/C16H23BrFN/c1-3-4-5-6-7-11(2)14-10-19-16-13(14)8-12(18)9-15(16)17/h8-9,11,14,19H,3-7,10H2,1-2H3. The molecule has 1 nitrogen and oxygen atoms in total. The predicted molar refractivity (Wildman–Crippen MR) is 83.3 cm³/mol. The summed E-state index contributed by atoms with van der Waals surface area (Å²) in [5.74, 6) is 0.917. The Morgan fingerprint density at radius 1 is 1.37 bits per heavy atom. The molecule has 2 atom stereocenters. The fourth-order valence-electron chi connectivity index (χ4n) is 3.00.